The highest BCUT2D eigenvalue weighted by Crippen LogP contribution is 2.29. The van der Waals surface area contributed by atoms with Gasteiger partial charge in [0, 0.05) is 30.1 Å². The Labute approximate surface area is 160 Å². The van der Waals surface area contributed by atoms with E-state index in [9.17, 15) is 9.18 Å². The lowest BCUT2D eigenvalue weighted by atomic mass is 10.2. The molecule has 2 aromatic heterocycles. The summed E-state index contributed by atoms with van der Waals surface area (Å²) in [7, 11) is 0. The van der Waals surface area contributed by atoms with Crippen molar-refractivity contribution in [2.75, 3.05) is 12.4 Å². The minimum absolute atomic E-state index is 0.218. The molecular weight excluding hydrogens is 367 g/mol. The molecule has 0 aliphatic rings. The topological polar surface area (TPSA) is 69.9 Å². The summed E-state index contributed by atoms with van der Waals surface area (Å²) in [6.45, 7) is 2.16. The Balaban J connectivity index is 1.85. The van der Waals surface area contributed by atoms with E-state index < -0.39 is 0 Å². The Morgan fingerprint density at radius 2 is 2.07 bits per heavy atom. The minimum Gasteiger partial charge on any atom is -0.466 e. The van der Waals surface area contributed by atoms with Crippen LogP contribution >= 0.6 is 11.8 Å². The summed E-state index contributed by atoms with van der Waals surface area (Å²) >= 11 is 1.42. The van der Waals surface area contributed by atoms with E-state index in [-0.39, 0.29) is 11.8 Å². The molecule has 3 aromatic rings. The molecular formula is C19H19FN4O2S. The fourth-order valence-electron chi connectivity index (χ4n) is 2.51. The van der Waals surface area contributed by atoms with Crippen LogP contribution in [0.3, 0.4) is 0 Å². The van der Waals surface area contributed by atoms with Crippen LogP contribution in [0.4, 0.5) is 4.39 Å². The van der Waals surface area contributed by atoms with Gasteiger partial charge >= 0.3 is 5.97 Å². The van der Waals surface area contributed by atoms with Crippen molar-refractivity contribution >= 4 is 17.7 Å². The molecule has 3 rings (SSSR count). The molecule has 0 atom stereocenters. The van der Waals surface area contributed by atoms with Crippen LogP contribution in [0, 0.1) is 5.82 Å². The number of para-hydroxylation sites is 1. The zero-order chi connectivity index (χ0) is 19.1. The van der Waals surface area contributed by atoms with E-state index in [0.717, 1.165) is 5.56 Å². The third-order valence-corrected chi connectivity index (χ3v) is 4.72. The van der Waals surface area contributed by atoms with Gasteiger partial charge in [0.1, 0.15) is 5.82 Å². The third kappa shape index (κ3) is 4.71. The first kappa shape index (κ1) is 19.0. The summed E-state index contributed by atoms with van der Waals surface area (Å²) < 4.78 is 21.1. The number of thioether (sulfide) groups is 1. The predicted octanol–water partition coefficient (Wildman–Crippen LogP) is 3.90. The second-order valence-corrected chi connectivity index (χ2v) is 6.65. The lowest BCUT2D eigenvalue weighted by Crippen LogP contribution is -2.05. The average Bonchev–Trinajstić information content (AvgIpc) is 3.10. The molecule has 0 N–H and O–H groups in total. The predicted molar refractivity (Wildman–Crippen MR) is 101 cm³/mol. The zero-order valence-electron chi connectivity index (χ0n) is 14.8. The van der Waals surface area contributed by atoms with Gasteiger partial charge in [-0.05, 0) is 37.6 Å². The number of esters is 1. The van der Waals surface area contributed by atoms with E-state index in [1.807, 2.05) is 6.07 Å². The van der Waals surface area contributed by atoms with Crippen molar-refractivity contribution in [1.29, 1.82) is 0 Å². The fourth-order valence-corrected chi connectivity index (χ4v) is 3.39. The Hall–Kier alpha value is -2.74. The van der Waals surface area contributed by atoms with E-state index in [4.69, 9.17) is 4.74 Å². The van der Waals surface area contributed by atoms with Crippen molar-refractivity contribution in [1.82, 2.24) is 19.7 Å². The van der Waals surface area contributed by atoms with E-state index in [1.165, 1.54) is 17.8 Å². The SMILES string of the molecule is CCOC(=O)CCCSc1nnc(-c2cccnc2)n1-c1ccccc1F. The van der Waals surface area contributed by atoms with Gasteiger partial charge in [-0.25, -0.2) is 4.39 Å². The Morgan fingerprint density at radius 1 is 1.22 bits per heavy atom. The minimum atomic E-state index is -0.365. The number of aromatic nitrogens is 4. The molecule has 140 valence electrons. The fraction of sp³-hybridized carbons (Fsp3) is 0.263. The summed E-state index contributed by atoms with van der Waals surface area (Å²) in [4.78, 5) is 15.6. The first-order valence-corrected chi connectivity index (χ1v) is 9.58. The maximum absolute atomic E-state index is 14.4. The van der Waals surface area contributed by atoms with E-state index in [2.05, 4.69) is 15.2 Å². The number of rotatable bonds is 8. The van der Waals surface area contributed by atoms with E-state index in [1.54, 1.807) is 48.1 Å². The van der Waals surface area contributed by atoms with Gasteiger partial charge < -0.3 is 4.74 Å². The molecule has 6 nitrogen and oxygen atoms in total. The Morgan fingerprint density at radius 3 is 2.81 bits per heavy atom. The molecule has 0 radical (unpaired) electrons. The van der Waals surface area contributed by atoms with E-state index in [0.29, 0.717) is 41.9 Å². The lowest BCUT2D eigenvalue weighted by Gasteiger charge is -2.11. The van der Waals surface area contributed by atoms with Gasteiger partial charge in [0.15, 0.2) is 11.0 Å². The summed E-state index contributed by atoms with van der Waals surface area (Å²) in [6.07, 6.45) is 4.30. The van der Waals surface area contributed by atoms with Gasteiger partial charge in [-0.3, -0.25) is 14.3 Å². The van der Waals surface area contributed by atoms with Gasteiger partial charge in [0.25, 0.3) is 0 Å². The monoisotopic (exact) mass is 386 g/mol. The Bertz CT molecular complexity index is 902. The third-order valence-electron chi connectivity index (χ3n) is 3.71. The van der Waals surface area contributed by atoms with Crippen LogP contribution in [0.5, 0.6) is 0 Å². The van der Waals surface area contributed by atoms with Crippen LogP contribution in [0.15, 0.2) is 53.9 Å². The molecule has 27 heavy (non-hydrogen) atoms. The summed E-state index contributed by atoms with van der Waals surface area (Å²) in [5.41, 5.74) is 1.11. The molecule has 2 heterocycles. The molecule has 0 unspecified atom stereocenters. The molecule has 8 heteroatoms. The number of pyridine rings is 1. The smallest absolute Gasteiger partial charge is 0.305 e. The molecule has 0 spiro atoms. The Kier molecular flexibility index (Phi) is 6.54. The van der Waals surface area contributed by atoms with Crippen molar-refractivity contribution in [2.45, 2.75) is 24.9 Å². The number of hydrogen-bond acceptors (Lipinski definition) is 6. The summed E-state index contributed by atoms with van der Waals surface area (Å²) in [5.74, 6) is 0.569. The first-order valence-electron chi connectivity index (χ1n) is 8.60. The number of ether oxygens (including phenoxy) is 1. The highest BCUT2D eigenvalue weighted by Gasteiger charge is 2.18. The van der Waals surface area contributed by atoms with Crippen molar-refractivity contribution in [2.24, 2.45) is 0 Å². The summed E-state index contributed by atoms with van der Waals surface area (Å²) in [6, 6.07) is 10.1. The van der Waals surface area contributed by atoms with Gasteiger partial charge in [-0.2, -0.15) is 0 Å². The quantitative estimate of drug-likeness (QED) is 0.332. The molecule has 0 amide bonds. The standard InChI is InChI=1S/C19H19FN4O2S/c1-2-26-17(25)10-6-12-27-19-23-22-18(14-7-5-11-21-13-14)24(19)16-9-4-3-8-15(16)20/h3-5,7-9,11,13H,2,6,10,12H2,1H3. The summed E-state index contributed by atoms with van der Waals surface area (Å²) in [5, 5.41) is 9.03. The van der Waals surface area contributed by atoms with Crippen molar-refractivity contribution in [3.63, 3.8) is 0 Å². The second kappa shape index (κ2) is 9.27. The molecule has 0 aliphatic carbocycles. The maximum atomic E-state index is 14.4. The molecule has 0 fully saturated rings. The number of hydrogen-bond donors (Lipinski definition) is 0. The highest BCUT2D eigenvalue weighted by molar-refractivity contribution is 7.99. The normalized spacial score (nSPS) is 10.7. The first-order chi connectivity index (χ1) is 13.2. The highest BCUT2D eigenvalue weighted by atomic mass is 32.2. The molecule has 0 saturated heterocycles. The zero-order valence-corrected chi connectivity index (χ0v) is 15.7. The van der Waals surface area contributed by atoms with Crippen LogP contribution in [-0.2, 0) is 9.53 Å². The number of carbonyl (C=O) groups is 1. The number of nitrogens with zero attached hydrogens (tertiary/aromatic N) is 4. The van der Waals surface area contributed by atoms with Crippen molar-refractivity contribution in [3.8, 4) is 17.1 Å². The van der Waals surface area contributed by atoms with Gasteiger partial charge in [-0.1, -0.05) is 23.9 Å². The largest absolute Gasteiger partial charge is 0.466 e. The average molecular weight is 386 g/mol. The van der Waals surface area contributed by atoms with Crippen LogP contribution < -0.4 is 0 Å². The van der Waals surface area contributed by atoms with Gasteiger partial charge in [-0.15, -0.1) is 10.2 Å². The van der Waals surface area contributed by atoms with Gasteiger partial charge in [0.2, 0.25) is 0 Å². The molecule has 0 bridgehead atoms. The molecule has 0 aliphatic heterocycles. The van der Waals surface area contributed by atoms with Crippen LogP contribution in [-0.4, -0.2) is 38.1 Å². The van der Waals surface area contributed by atoms with Gasteiger partial charge in [0.05, 0.1) is 12.3 Å². The van der Waals surface area contributed by atoms with E-state index >= 15 is 0 Å². The number of halogens is 1. The van der Waals surface area contributed by atoms with Crippen molar-refractivity contribution < 1.29 is 13.9 Å². The van der Waals surface area contributed by atoms with Crippen molar-refractivity contribution in [3.05, 3.63) is 54.6 Å². The van der Waals surface area contributed by atoms with Crippen LogP contribution in [0.2, 0.25) is 0 Å². The maximum Gasteiger partial charge on any atom is 0.305 e. The second-order valence-electron chi connectivity index (χ2n) is 5.59. The van der Waals surface area contributed by atoms with Crippen LogP contribution in [0.25, 0.3) is 17.1 Å². The molecule has 0 saturated carbocycles. The lowest BCUT2D eigenvalue weighted by molar-refractivity contribution is -0.143. The van der Waals surface area contributed by atoms with Crippen LogP contribution in [0.1, 0.15) is 19.8 Å². The number of carbonyl (C=O) groups excluding carboxylic acids is 1. The molecule has 1 aromatic carbocycles. The number of benzene rings is 1.